The van der Waals surface area contributed by atoms with Gasteiger partial charge in [0.2, 0.25) is 0 Å². The van der Waals surface area contributed by atoms with Crippen molar-refractivity contribution in [1.29, 1.82) is 0 Å². The Labute approximate surface area is 172 Å². The molecule has 0 unspecified atom stereocenters. The van der Waals surface area contributed by atoms with Crippen molar-refractivity contribution in [2.24, 2.45) is 5.92 Å². The molecule has 0 heterocycles. The van der Waals surface area contributed by atoms with E-state index in [9.17, 15) is 0 Å². The van der Waals surface area contributed by atoms with Crippen LogP contribution >= 0.6 is 24.4 Å². The minimum Gasteiger partial charge on any atom is -0.493 e. The summed E-state index contributed by atoms with van der Waals surface area (Å²) in [6.45, 7) is 2.97. The van der Waals surface area contributed by atoms with E-state index in [1.54, 1.807) is 14.2 Å². The monoisotopic (exact) mass is 410 g/mol. The highest BCUT2D eigenvalue weighted by Crippen LogP contribution is 2.27. The van der Waals surface area contributed by atoms with Crippen LogP contribution in [0.15, 0.2) is 18.2 Å². The fraction of sp³-hybridized carbons (Fsp3) is 0.579. The molecule has 0 radical (unpaired) electrons. The Balaban J connectivity index is 1.66. The zero-order chi connectivity index (χ0) is 19.6. The molecule has 150 valence electrons. The third-order valence-corrected chi connectivity index (χ3v) is 5.33. The molecule has 27 heavy (non-hydrogen) atoms. The van der Waals surface area contributed by atoms with Gasteiger partial charge in [0.15, 0.2) is 21.7 Å². The van der Waals surface area contributed by atoms with Crippen LogP contribution in [0.1, 0.15) is 38.2 Å². The number of methoxy groups -OCH3 is 2. The van der Waals surface area contributed by atoms with Gasteiger partial charge in [-0.2, -0.15) is 0 Å². The third kappa shape index (κ3) is 7.03. The van der Waals surface area contributed by atoms with E-state index in [-0.39, 0.29) is 0 Å². The van der Waals surface area contributed by atoms with Crippen LogP contribution in [0.5, 0.6) is 11.5 Å². The smallest absolute Gasteiger partial charge is 0.185 e. The highest BCUT2D eigenvalue weighted by Gasteiger charge is 2.21. The van der Waals surface area contributed by atoms with Crippen LogP contribution in [0.3, 0.4) is 0 Å². The normalized spacial score (nSPS) is 18.9. The van der Waals surface area contributed by atoms with Crippen molar-refractivity contribution in [3.8, 4) is 11.5 Å². The second-order valence-corrected chi connectivity index (χ2v) is 7.60. The predicted octanol–water partition coefficient (Wildman–Crippen LogP) is 2.67. The molecule has 1 saturated carbocycles. The van der Waals surface area contributed by atoms with Gasteiger partial charge in [-0.15, -0.1) is 0 Å². The molecule has 8 heteroatoms. The van der Waals surface area contributed by atoms with Gasteiger partial charge in [-0.3, -0.25) is 10.9 Å². The van der Waals surface area contributed by atoms with Crippen molar-refractivity contribution in [1.82, 2.24) is 21.5 Å². The first kappa shape index (κ1) is 21.5. The zero-order valence-corrected chi connectivity index (χ0v) is 17.9. The van der Waals surface area contributed by atoms with Crippen molar-refractivity contribution in [3.63, 3.8) is 0 Å². The Bertz CT molecular complexity index is 642. The first-order valence-electron chi connectivity index (χ1n) is 9.34. The number of hydrogen-bond acceptors (Lipinski definition) is 4. The zero-order valence-electron chi connectivity index (χ0n) is 16.3. The average Bonchev–Trinajstić information content (AvgIpc) is 2.68. The maximum Gasteiger partial charge on any atom is 0.185 e. The summed E-state index contributed by atoms with van der Waals surface area (Å²) in [5, 5.41) is 7.63. The highest BCUT2D eigenvalue weighted by molar-refractivity contribution is 7.80. The van der Waals surface area contributed by atoms with Crippen LogP contribution in [0.25, 0.3) is 0 Å². The van der Waals surface area contributed by atoms with Crippen molar-refractivity contribution < 1.29 is 9.47 Å². The molecule has 1 aromatic carbocycles. The predicted molar refractivity (Wildman–Crippen MR) is 117 cm³/mol. The van der Waals surface area contributed by atoms with E-state index in [0.717, 1.165) is 29.9 Å². The lowest BCUT2D eigenvalue weighted by molar-refractivity contribution is 0.308. The Morgan fingerprint density at radius 2 is 1.74 bits per heavy atom. The fourth-order valence-electron chi connectivity index (χ4n) is 3.25. The highest BCUT2D eigenvalue weighted by atomic mass is 32.1. The molecule has 0 spiro atoms. The van der Waals surface area contributed by atoms with E-state index in [4.69, 9.17) is 33.9 Å². The molecule has 0 bridgehead atoms. The van der Waals surface area contributed by atoms with Crippen molar-refractivity contribution in [2.75, 3.05) is 20.8 Å². The lowest BCUT2D eigenvalue weighted by atomic mass is 9.86. The van der Waals surface area contributed by atoms with Gasteiger partial charge >= 0.3 is 0 Å². The summed E-state index contributed by atoms with van der Waals surface area (Å²) in [5.41, 5.74) is 7.04. The minimum absolute atomic E-state index is 0.437. The van der Waals surface area contributed by atoms with E-state index in [2.05, 4.69) is 28.4 Å². The molecule has 1 aliphatic carbocycles. The molecule has 4 N–H and O–H groups in total. The van der Waals surface area contributed by atoms with Crippen molar-refractivity contribution in [2.45, 2.75) is 45.1 Å². The Hall–Kier alpha value is -1.80. The van der Waals surface area contributed by atoms with E-state index in [1.165, 1.54) is 19.3 Å². The van der Waals surface area contributed by atoms with Gasteiger partial charge in [0.05, 0.1) is 14.2 Å². The SMILES string of the molecule is COc1ccc(CCNC(=S)NNC(=S)N[C@@H]2CCCC[C@@H]2C)cc1OC. The average molecular weight is 411 g/mol. The van der Waals surface area contributed by atoms with Crippen LogP contribution in [0.4, 0.5) is 0 Å². The molecule has 1 fully saturated rings. The van der Waals surface area contributed by atoms with E-state index >= 15 is 0 Å². The second kappa shape index (κ2) is 11.1. The third-order valence-electron chi connectivity index (χ3n) is 4.86. The Morgan fingerprint density at radius 1 is 1.04 bits per heavy atom. The molecule has 6 nitrogen and oxygen atoms in total. The number of benzene rings is 1. The van der Waals surface area contributed by atoms with Crippen molar-refractivity contribution >= 4 is 34.7 Å². The number of ether oxygens (including phenoxy) is 2. The van der Waals surface area contributed by atoms with Crippen LogP contribution in [-0.4, -0.2) is 37.0 Å². The molecule has 2 rings (SSSR count). The molecule has 0 saturated heterocycles. The van der Waals surface area contributed by atoms with E-state index in [0.29, 0.717) is 28.7 Å². The summed E-state index contributed by atoms with van der Waals surface area (Å²) < 4.78 is 10.6. The summed E-state index contributed by atoms with van der Waals surface area (Å²) in [6.07, 6.45) is 5.80. The maximum atomic E-state index is 5.35. The van der Waals surface area contributed by atoms with Crippen LogP contribution < -0.4 is 31.0 Å². The van der Waals surface area contributed by atoms with Gasteiger partial charge in [-0.05, 0) is 67.3 Å². The first-order valence-corrected chi connectivity index (χ1v) is 10.2. The summed E-state index contributed by atoms with van der Waals surface area (Å²) in [4.78, 5) is 0. The fourth-order valence-corrected chi connectivity index (χ4v) is 3.60. The molecule has 0 amide bonds. The lowest BCUT2D eigenvalue weighted by Crippen LogP contribution is -2.53. The standard InChI is InChI=1S/C19H30N4O2S2/c1-13-6-4-5-7-15(13)21-19(27)23-22-18(26)20-11-10-14-8-9-16(24-2)17(12-14)25-3/h8-9,12-13,15H,4-7,10-11H2,1-3H3,(H2,20,22,26)(H2,21,23,27)/t13-,15+/m0/s1. The molecular formula is C19H30N4O2S2. The quantitative estimate of drug-likeness (QED) is 0.422. The number of hydrogen-bond donors (Lipinski definition) is 4. The van der Waals surface area contributed by atoms with Gasteiger partial charge in [0.1, 0.15) is 0 Å². The molecular weight excluding hydrogens is 380 g/mol. The largest absolute Gasteiger partial charge is 0.493 e. The van der Waals surface area contributed by atoms with E-state index < -0.39 is 0 Å². The summed E-state index contributed by atoms with van der Waals surface area (Å²) in [7, 11) is 3.26. The summed E-state index contributed by atoms with van der Waals surface area (Å²) in [6, 6.07) is 6.33. The second-order valence-electron chi connectivity index (χ2n) is 6.79. The number of nitrogens with one attached hydrogen (secondary N) is 4. The minimum atomic E-state index is 0.437. The lowest BCUT2D eigenvalue weighted by Gasteiger charge is -2.30. The summed E-state index contributed by atoms with van der Waals surface area (Å²) in [5.74, 6) is 2.10. The first-order chi connectivity index (χ1) is 13.0. The Morgan fingerprint density at radius 3 is 2.44 bits per heavy atom. The van der Waals surface area contributed by atoms with Gasteiger partial charge in [-0.25, -0.2) is 0 Å². The summed E-state index contributed by atoms with van der Waals surface area (Å²) >= 11 is 10.6. The molecule has 1 aromatic rings. The Kier molecular flexibility index (Phi) is 8.87. The van der Waals surface area contributed by atoms with Crippen LogP contribution in [-0.2, 0) is 6.42 Å². The topological polar surface area (TPSA) is 66.6 Å². The molecule has 0 aromatic heterocycles. The maximum absolute atomic E-state index is 5.35. The molecule has 2 atom stereocenters. The number of rotatable bonds is 6. The van der Waals surface area contributed by atoms with Crippen LogP contribution in [0.2, 0.25) is 0 Å². The van der Waals surface area contributed by atoms with E-state index in [1.807, 2.05) is 18.2 Å². The number of hydrazine groups is 1. The number of thiocarbonyl (C=S) groups is 2. The molecule has 0 aliphatic heterocycles. The van der Waals surface area contributed by atoms with Gasteiger partial charge in [0.25, 0.3) is 0 Å². The van der Waals surface area contributed by atoms with Gasteiger partial charge in [0, 0.05) is 12.6 Å². The van der Waals surface area contributed by atoms with Gasteiger partial charge < -0.3 is 20.1 Å². The van der Waals surface area contributed by atoms with Crippen LogP contribution in [0, 0.1) is 5.92 Å². The van der Waals surface area contributed by atoms with Gasteiger partial charge in [-0.1, -0.05) is 25.8 Å². The van der Waals surface area contributed by atoms with Crippen molar-refractivity contribution in [3.05, 3.63) is 23.8 Å². The molecule has 1 aliphatic rings.